The van der Waals surface area contributed by atoms with Crippen LogP contribution in [0.2, 0.25) is 0 Å². The van der Waals surface area contributed by atoms with Crippen LogP contribution in [0.15, 0.2) is 48.5 Å². The Hall–Kier alpha value is -3.33. The number of amides is 2. The Morgan fingerprint density at radius 1 is 1.20 bits per heavy atom. The summed E-state index contributed by atoms with van der Waals surface area (Å²) in [6.07, 6.45) is 0.150. The topological polar surface area (TPSA) is 82.4 Å². The molecule has 25 heavy (non-hydrogen) atoms. The second kappa shape index (κ2) is 8.50. The molecule has 6 heteroatoms. The Morgan fingerprint density at radius 3 is 2.52 bits per heavy atom. The Balaban J connectivity index is 1.99. The lowest BCUT2D eigenvalue weighted by Crippen LogP contribution is -2.31. The molecule has 6 nitrogen and oxygen atoms in total. The average molecular weight is 337 g/mol. The average Bonchev–Trinajstić information content (AvgIpc) is 2.62. The van der Waals surface area contributed by atoms with Gasteiger partial charge in [-0.2, -0.15) is 5.26 Å². The minimum atomic E-state index is -0.201. The minimum absolute atomic E-state index is 0.150. The molecule has 128 valence electrons. The van der Waals surface area contributed by atoms with Gasteiger partial charge in [-0.3, -0.25) is 9.59 Å². The zero-order chi connectivity index (χ0) is 18.2. The Kier molecular flexibility index (Phi) is 6.13. The number of rotatable bonds is 6. The molecule has 0 bridgehead atoms. The van der Waals surface area contributed by atoms with Crippen LogP contribution in [0.3, 0.4) is 0 Å². The van der Waals surface area contributed by atoms with E-state index in [2.05, 4.69) is 5.32 Å². The molecule has 2 amide bonds. The molecule has 1 N–H and O–H groups in total. The van der Waals surface area contributed by atoms with Gasteiger partial charge < -0.3 is 15.0 Å². The van der Waals surface area contributed by atoms with Gasteiger partial charge in [0, 0.05) is 37.3 Å². The number of hydrogen-bond acceptors (Lipinski definition) is 4. The number of nitrogens with one attached hydrogen (secondary N) is 1. The number of ether oxygens (including phenoxy) is 1. The third-order valence-electron chi connectivity index (χ3n) is 3.60. The summed E-state index contributed by atoms with van der Waals surface area (Å²) in [5.41, 5.74) is 1.81. The molecular weight excluding hydrogens is 318 g/mol. The van der Waals surface area contributed by atoms with Crippen LogP contribution < -0.4 is 15.0 Å². The summed E-state index contributed by atoms with van der Waals surface area (Å²) in [6, 6.07) is 15.8. The second-order valence-corrected chi connectivity index (χ2v) is 5.36. The summed E-state index contributed by atoms with van der Waals surface area (Å²) in [7, 11) is 1.56. The van der Waals surface area contributed by atoms with Crippen molar-refractivity contribution in [2.45, 2.75) is 13.3 Å². The highest BCUT2D eigenvalue weighted by molar-refractivity contribution is 5.94. The highest BCUT2D eigenvalue weighted by Gasteiger charge is 2.13. The monoisotopic (exact) mass is 337 g/mol. The third-order valence-corrected chi connectivity index (χ3v) is 3.60. The van der Waals surface area contributed by atoms with Gasteiger partial charge in [-0.05, 0) is 36.4 Å². The lowest BCUT2D eigenvalue weighted by Gasteiger charge is -2.21. The van der Waals surface area contributed by atoms with Gasteiger partial charge in [0.2, 0.25) is 11.8 Å². The van der Waals surface area contributed by atoms with Gasteiger partial charge in [0.05, 0.1) is 18.7 Å². The van der Waals surface area contributed by atoms with Gasteiger partial charge in [-0.25, -0.2) is 0 Å². The molecule has 0 aliphatic carbocycles. The van der Waals surface area contributed by atoms with E-state index in [0.717, 1.165) is 0 Å². The van der Waals surface area contributed by atoms with Crippen LogP contribution in [0.5, 0.6) is 5.75 Å². The van der Waals surface area contributed by atoms with Gasteiger partial charge in [0.25, 0.3) is 0 Å². The van der Waals surface area contributed by atoms with E-state index >= 15 is 0 Å². The molecule has 0 unspecified atom stereocenters. The van der Waals surface area contributed by atoms with E-state index in [4.69, 9.17) is 10.00 Å². The fourth-order valence-corrected chi connectivity index (χ4v) is 2.32. The van der Waals surface area contributed by atoms with E-state index in [1.165, 1.54) is 11.8 Å². The predicted octanol–water partition coefficient (Wildman–Crippen LogP) is 2.95. The molecular formula is C19H19N3O3. The molecule has 0 atom stereocenters. The summed E-state index contributed by atoms with van der Waals surface area (Å²) < 4.78 is 5.12. The van der Waals surface area contributed by atoms with Crippen LogP contribution in [-0.2, 0) is 9.59 Å². The number of nitrogens with zero attached hydrogens (tertiary/aromatic N) is 2. The molecule has 2 aromatic carbocycles. The van der Waals surface area contributed by atoms with Gasteiger partial charge >= 0.3 is 0 Å². The van der Waals surface area contributed by atoms with E-state index in [-0.39, 0.29) is 24.8 Å². The van der Waals surface area contributed by atoms with Crippen molar-refractivity contribution in [3.05, 3.63) is 54.1 Å². The molecule has 0 saturated heterocycles. The predicted molar refractivity (Wildman–Crippen MR) is 95.4 cm³/mol. The molecule has 0 heterocycles. The summed E-state index contributed by atoms with van der Waals surface area (Å²) in [5.74, 6) is 0.285. The smallest absolute Gasteiger partial charge is 0.226 e. The first-order valence-corrected chi connectivity index (χ1v) is 7.75. The van der Waals surface area contributed by atoms with Crippen LogP contribution in [0, 0.1) is 11.3 Å². The number of benzene rings is 2. The van der Waals surface area contributed by atoms with Crippen LogP contribution >= 0.6 is 0 Å². The molecule has 0 aliphatic heterocycles. The van der Waals surface area contributed by atoms with E-state index in [0.29, 0.717) is 22.7 Å². The van der Waals surface area contributed by atoms with Crippen LogP contribution in [-0.4, -0.2) is 25.5 Å². The first kappa shape index (κ1) is 18.0. The molecule has 0 saturated carbocycles. The molecule has 2 rings (SSSR count). The standard InChI is InChI=1S/C19H19N3O3/c1-14(23)22(17-8-6-15(13-20)7-9-17)11-10-19(24)21-16-4-3-5-18(12-16)25-2/h3-9,12H,10-11H2,1-2H3,(H,21,24). The Labute approximate surface area is 146 Å². The Morgan fingerprint density at radius 2 is 1.92 bits per heavy atom. The largest absolute Gasteiger partial charge is 0.497 e. The van der Waals surface area contributed by atoms with Crippen molar-refractivity contribution in [3.63, 3.8) is 0 Å². The molecule has 0 spiro atoms. The maximum absolute atomic E-state index is 12.1. The third kappa shape index (κ3) is 5.08. The highest BCUT2D eigenvalue weighted by Crippen LogP contribution is 2.18. The summed E-state index contributed by atoms with van der Waals surface area (Å²) in [5, 5.41) is 11.6. The van der Waals surface area contributed by atoms with Crippen molar-refractivity contribution in [1.29, 1.82) is 5.26 Å². The van der Waals surface area contributed by atoms with Gasteiger partial charge in [0.1, 0.15) is 5.75 Å². The van der Waals surface area contributed by atoms with Crippen LogP contribution in [0.4, 0.5) is 11.4 Å². The molecule has 0 aromatic heterocycles. The second-order valence-electron chi connectivity index (χ2n) is 5.36. The normalized spacial score (nSPS) is 9.80. The number of hydrogen-bond donors (Lipinski definition) is 1. The minimum Gasteiger partial charge on any atom is -0.497 e. The molecule has 0 fully saturated rings. The molecule has 2 aromatic rings. The van der Waals surface area contributed by atoms with Crippen molar-refractivity contribution < 1.29 is 14.3 Å². The number of carbonyl (C=O) groups excluding carboxylic acids is 2. The van der Waals surface area contributed by atoms with E-state index in [1.54, 1.807) is 55.6 Å². The SMILES string of the molecule is COc1cccc(NC(=O)CCN(C(C)=O)c2ccc(C#N)cc2)c1. The number of nitriles is 1. The molecule has 0 radical (unpaired) electrons. The quantitative estimate of drug-likeness (QED) is 0.878. The van der Waals surface area contributed by atoms with Crippen LogP contribution in [0.1, 0.15) is 18.9 Å². The van der Waals surface area contributed by atoms with E-state index < -0.39 is 0 Å². The number of carbonyl (C=O) groups is 2. The van der Waals surface area contributed by atoms with Crippen molar-refractivity contribution in [2.24, 2.45) is 0 Å². The maximum Gasteiger partial charge on any atom is 0.226 e. The zero-order valence-electron chi connectivity index (χ0n) is 14.2. The van der Waals surface area contributed by atoms with E-state index in [1.807, 2.05) is 6.07 Å². The first-order chi connectivity index (χ1) is 12.0. The summed E-state index contributed by atoms with van der Waals surface area (Å²) >= 11 is 0. The number of anilines is 2. The highest BCUT2D eigenvalue weighted by atomic mass is 16.5. The van der Waals surface area contributed by atoms with Crippen LogP contribution in [0.25, 0.3) is 0 Å². The molecule has 0 aliphatic rings. The number of methoxy groups -OCH3 is 1. The van der Waals surface area contributed by atoms with Gasteiger partial charge in [0.15, 0.2) is 0 Å². The fraction of sp³-hybridized carbons (Fsp3) is 0.211. The first-order valence-electron chi connectivity index (χ1n) is 7.75. The van der Waals surface area contributed by atoms with Crippen molar-refractivity contribution >= 4 is 23.2 Å². The van der Waals surface area contributed by atoms with E-state index in [9.17, 15) is 9.59 Å². The van der Waals surface area contributed by atoms with Crippen molar-refractivity contribution in [1.82, 2.24) is 0 Å². The van der Waals surface area contributed by atoms with Gasteiger partial charge in [-0.1, -0.05) is 6.07 Å². The van der Waals surface area contributed by atoms with Gasteiger partial charge in [-0.15, -0.1) is 0 Å². The summed E-state index contributed by atoms with van der Waals surface area (Å²) in [4.78, 5) is 25.5. The van der Waals surface area contributed by atoms with Crippen molar-refractivity contribution in [2.75, 3.05) is 23.9 Å². The lowest BCUT2D eigenvalue weighted by atomic mass is 10.2. The Bertz CT molecular complexity index is 794. The summed E-state index contributed by atoms with van der Waals surface area (Å²) in [6.45, 7) is 1.69. The van der Waals surface area contributed by atoms with Crippen molar-refractivity contribution in [3.8, 4) is 11.8 Å². The maximum atomic E-state index is 12.1. The fourth-order valence-electron chi connectivity index (χ4n) is 2.32. The zero-order valence-corrected chi connectivity index (χ0v) is 14.2. The lowest BCUT2D eigenvalue weighted by molar-refractivity contribution is -0.117.